The smallest absolute Gasteiger partial charge is 0.192 e. The molecule has 4 rings (SSSR count). The number of hydrogen-bond donors (Lipinski definition) is 1. The first kappa shape index (κ1) is 15.9. The first-order chi connectivity index (χ1) is 12.1. The van der Waals surface area contributed by atoms with Crippen LogP contribution < -0.4 is 10.3 Å². The van der Waals surface area contributed by atoms with Gasteiger partial charge in [-0.05, 0) is 49.6 Å². The SMILES string of the molecule is Cc1c(-c2ccc(N3CCC(F)CC3)cc2)[nH]c2ccccc2c1=O. The molecule has 128 valence electrons. The number of piperidine rings is 1. The Balaban J connectivity index is 1.70. The molecule has 4 heteroatoms. The molecule has 1 aliphatic rings. The summed E-state index contributed by atoms with van der Waals surface area (Å²) in [5.41, 5.74) is 4.60. The molecule has 1 N–H and O–H groups in total. The third-order valence-corrected chi connectivity index (χ3v) is 5.09. The number of benzene rings is 2. The summed E-state index contributed by atoms with van der Waals surface area (Å²) < 4.78 is 13.3. The van der Waals surface area contributed by atoms with Gasteiger partial charge in [0.25, 0.3) is 0 Å². The van der Waals surface area contributed by atoms with E-state index >= 15 is 0 Å². The van der Waals surface area contributed by atoms with Crippen molar-refractivity contribution in [1.82, 2.24) is 4.98 Å². The molecule has 0 amide bonds. The average Bonchev–Trinajstić information content (AvgIpc) is 2.65. The van der Waals surface area contributed by atoms with Gasteiger partial charge in [0.1, 0.15) is 6.17 Å². The molecule has 1 aliphatic heterocycles. The number of alkyl halides is 1. The van der Waals surface area contributed by atoms with Crippen LogP contribution in [0.25, 0.3) is 22.2 Å². The Bertz CT molecular complexity index is 954. The maximum Gasteiger partial charge on any atom is 0.192 e. The number of pyridine rings is 1. The van der Waals surface area contributed by atoms with Crippen LogP contribution in [0.2, 0.25) is 0 Å². The lowest BCUT2D eigenvalue weighted by atomic mass is 10.0. The van der Waals surface area contributed by atoms with Crippen molar-refractivity contribution in [2.75, 3.05) is 18.0 Å². The van der Waals surface area contributed by atoms with Gasteiger partial charge in [0.2, 0.25) is 0 Å². The largest absolute Gasteiger partial charge is 0.371 e. The number of hydrogen-bond acceptors (Lipinski definition) is 2. The number of fused-ring (bicyclic) bond motifs is 1. The van der Waals surface area contributed by atoms with Crippen LogP contribution in [0.3, 0.4) is 0 Å². The summed E-state index contributed by atoms with van der Waals surface area (Å²) in [5, 5.41) is 0.717. The molecule has 1 saturated heterocycles. The van der Waals surface area contributed by atoms with Crippen LogP contribution in [-0.4, -0.2) is 24.2 Å². The van der Waals surface area contributed by atoms with Gasteiger partial charge in [-0.3, -0.25) is 4.79 Å². The summed E-state index contributed by atoms with van der Waals surface area (Å²) in [4.78, 5) is 18.2. The predicted octanol–water partition coefficient (Wildman–Crippen LogP) is 4.44. The van der Waals surface area contributed by atoms with Gasteiger partial charge in [-0.15, -0.1) is 0 Å². The maximum absolute atomic E-state index is 13.3. The molecule has 3 aromatic rings. The van der Waals surface area contributed by atoms with Crippen LogP contribution in [0.5, 0.6) is 0 Å². The second-order valence-electron chi connectivity index (χ2n) is 6.71. The van der Waals surface area contributed by atoms with Gasteiger partial charge >= 0.3 is 0 Å². The number of H-pyrrole nitrogens is 1. The van der Waals surface area contributed by atoms with Gasteiger partial charge in [-0.2, -0.15) is 0 Å². The highest BCUT2D eigenvalue weighted by atomic mass is 19.1. The minimum Gasteiger partial charge on any atom is -0.371 e. The van der Waals surface area contributed by atoms with Crippen molar-refractivity contribution in [3.05, 3.63) is 64.3 Å². The molecule has 0 radical (unpaired) electrons. The van der Waals surface area contributed by atoms with Crippen molar-refractivity contribution in [2.45, 2.75) is 25.9 Å². The van der Waals surface area contributed by atoms with Crippen molar-refractivity contribution < 1.29 is 4.39 Å². The quantitative estimate of drug-likeness (QED) is 0.751. The highest BCUT2D eigenvalue weighted by molar-refractivity contribution is 5.83. The molecular weight excluding hydrogens is 315 g/mol. The topological polar surface area (TPSA) is 36.1 Å². The van der Waals surface area contributed by atoms with Gasteiger partial charge in [-0.1, -0.05) is 24.3 Å². The lowest BCUT2D eigenvalue weighted by Gasteiger charge is -2.30. The van der Waals surface area contributed by atoms with Crippen molar-refractivity contribution in [3.63, 3.8) is 0 Å². The number of nitrogens with one attached hydrogen (secondary N) is 1. The first-order valence-electron chi connectivity index (χ1n) is 8.74. The molecule has 0 unspecified atom stereocenters. The summed E-state index contributed by atoms with van der Waals surface area (Å²) >= 11 is 0. The monoisotopic (exact) mass is 336 g/mol. The maximum atomic E-state index is 13.3. The number of aromatic nitrogens is 1. The molecule has 0 saturated carbocycles. The second kappa shape index (κ2) is 6.36. The van der Waals surface area contributed by atoms with E-state index in [1.54, 1.807) is 0 Å². The summed E-state index contributed by atoms with van der Waals surface area (Å²) in [6.07, 6.45) is 0.526. The Morgan fingerprint density at radius 1 is 1.04 bits per heavy atom. The van der Waals surface area contributed by atoms with E-state index in [2.05, 4.69) is 22.0 Å². The van der Waals surface area contributed by atoms with Crippen molar-refractivity contribution in [3.8, 4) is 11.3 Å². The third kappa shape index (κ3) is 2.93. The highest BCUT2D eigenvalue weighted by Crippen LogP contribution is 2.26. The lowest BCUT2D eigenvalue weighted by Crippen LogP contribution is -2.34. The summed E-state index contributed by atoms with van der Waals surface area (Å²) in [6, 6.07) is 15.8. The van der Waals surface area contributed by atoms with E-state index in [-0.39, 0.29) is 5.43 Å². The van der Waals surface area contributed by atoms with Gasteiger partial charge in [0.05, 0.1) is 5.69 Å². The zero-order valence-electron chi connectivity index (χ0n) is 14.3. The summed E-state index contributed by atoms with van der Waals surface area (Å²) in [7, 11) is 0. The number of para-hydroxylation sites is 1. The number of anilines is 1. The van der Waals surface area contributed by atoms with Gasteiger partial charge in [0, 0.05) is 35.2 Å². The molecule has 2 aromatic carbocycles. The molecule has 0 atom stereocenters. The Morgan fingerprint density at radius 3 is 2.44 bits per heavy atom. The fourth-order valence-electron chi connectivity index (χ4n) is 3.57. The van der Waals surface area contributed by atoms with Crippen molar-refractivity contribution in [1.29, 1.82) is 0 Å². The molecular formula is C21H21FN2O. The van der Waals surface area contributed by atoms with Crippen LogP contribution >= 0.6 is 0 Å². The number of aromatic amines is 1. The van der Waals surface area contributed by atoms with Crippen LogP contribution in [0.1, 0.15) is 18.4 Å². The number of nitrogens with zero attached hydrogens (tertiary/aromatic N) is 1. The Labute approximate surface area is 146 Å². The molecule has 3 nitrogen and oxygen atoms in total. The minimum absolute atomic E-state index is 0.0680. The van der Waals surface area contributed by atoms with Crippen LogP contribution in [0, 0.1) is 6.92 Å². The van der Waals surface area contributed by atoms with Crippen LogP contribution in [-0.2, 0) is 0 Å². The van der Waals surface area contributed by atoms with E-state index < -0.39 is 6.17 Å². The normalized spacial score (nSPS) is 15.7. The first-order valence-corrected chi connectivity index (χ1v) is 8.74. The minimum atomic E-state index is -0.666. The van der Waals surface area contributed by atoms with Gasteiger partial charge in [0.15, 0.2) is 5.43 Å². The summed E-state index contributed by atoms with van der Waals surface area (Å²) in [5.74, 6) is 0. The molecule has 2 heterocycles. The Morgan fingerprint density at radius 2 is 1.72 bits per heavy atom. The van der Waals surface area contributed by atoms with E-state index in [1.165, 1.54) is 0 Å². The molecule has 0 bridgehead atoms. The highest BCUT2D eigenvalue weighted by Gasteiger charge is 2.18. The predicted molar refractivity (Wildman–Crippen MR) is 101 cm³/mol. The average molecular weight is 336 g/mol. The van der Waals surface area contributed by atoms with E-state index in [0.717, 1.165) is 46.5 Å². The molecule has 1 aromatic heterocycles. The molecule has 0 aliphatic carbocycles. The summed E-state index contributed by atoms with van der Waals surface area (Å²) in [6.45, 7) is 3.37. The Hall–Kier alpha value is -2.62. The van der Waals surface area contributed by atoms with Crippen LogP contribution in [0.15, 0.2) is 53.3 Å². The zero-order chi connectivity index (χ0) is 17.4. The number of rotatable bonds is 2. The van der Waals surface area contributed by atoms with Crippen molar-refractivity contribution in [2.24, 2.45) is 0 Å². The van der Waals surface area contributed by atoms with E-state index in [4.69, 9.17) is 0 Å². The fraction of sp³-hybridized carbons (Fsp3) is 0.286. The third-order valence-electron chi connectivity index (χ3n) is 5.09. The zero-order valence-corrected chi connectivity index (χ0v) is 14.3. The standard InChI is InChI=1S/C21H21FN2O/c1-14-20(23-19-5-3-2-4-18(19)21(14)25)15-6-8-17(9-7-15)24-12-10-16(22)11-13-24/h2-9,16H,10-13H2,1H3,(H,23,25). The van der Waals surface area contributed by atoms with Crippen LogP contribution in [0.4, 0.5) is 10.1 Å². The van der Waals surface area contributed by atoms with E-state index in [0.29, 0.717) is 12.8 Å². The Kier molecular flexibility index (Phi) is 4.04. The molecule has 1 fully saturated rings. The molecule has 25 heavy (non-hydrogen) atoms. The fourth-order valence-corrected chi connectivity index (χ4v) is 3.57. The van der Waals surface area contributed by atoms with E-state index in [1.807, 2.05) is 43.3 Å². The van der Waals surface area contributed by atoms with Gasteiger partial charge < -0.3 is 9.88 Å². The van der Waals surface area contributed by atoms with Crippen molar-refractivity contribution >= 4 is 16.6 Å². The molecule has 0 spiro atoms. The lowest BCUT2D eigenvalue weighted by molar-refractivity contribution is 0.277. The van der Waals surface area contributed by atoms with E-state index in [9.17, 15) is 9.18 Å². The number of halogens is 1. The van der Waals surface area contributed by atoms with Gasteiger partial charge in [-0.25, -0.2) is 4.39 Å². The second-order valence-corrected chi connectivity index (χ2v) is 6.71.